The number of aliphatic hydroxyl groups is 1. The van der Waals surface area contributed by atoms with Crippen LogP contribution in [0.4, 0.5) is 0 Å². The molecular weight excluding hydrogens is 220 g/mol. The molecule has 3 nitrogen and oxygen atoms in total. The van der Waals surface area contributed by atoms with E-state index in [4.69, 9.17) is 0 Å². The highest BCUT2D eigenvalue weighted by Crippen LogP contribution is 2.29. The first kappa shape index (κ1) is 13.6. The van der Waals surface area contributed by atoms with Crippen molar-refractivity contribution in [3.05, 3.63) is 10.6 Å². The minimum Gasteiger partial charge on any atom is -0.387 e. The smallest absolute Gasteiger partial charge is 0.0917 e. The van der Waals surface area contributed by atoms with Crippen molar-refractivity contribution in [1.29, 1.82) is 0 Å². The molecule has 0 fully saturated rings. The van der Waals surface area contributed by atoms with Crippen LogP contribution in [0.1, 0.15) is 69.6 Å². The molecular formula is C12H22N2OS. The topological polar surface area (TPSA) is 46.0 Å². The summed E-state index contributed by atoms with van der Waals surface area (Å²) in [7, 11) is 0. The van der Waals surface area contributed by atoms with Crippen LogP contribution in [0.5, 0.6) is 0 Å². The predicted octanol–water partition coefficient (Wildman–Crippen LogP) is 3.52. The van der Waals surface area contributed by atoms with Crippen LogP contribution in [0.25, 0.3) is 0 Å². The average molecular weight is 242 g/mol. The Kier molecular flexibility index (Phi) is 5.35. The lowest BCUT2D eigenvalue weighted by atomic mass is 10.0. The molecule has 0 saturated carbocycles. The quantitative estimate of drug-likeness (QED) is 0.830. The molecule has 0 saturated heterocycles. The van der Waals surface area contributed by atoms with Gasteiger partial charge in [0.2, 0.25) is 0 Å². The number of aromatic nitrogens is 2. The fourth-order valence-corrected chi connectivity index (χ4v) is 2.51. The summed E-state index contributed by atoms with van der Waals surface area (Å²) >= 11 is 1.33. The van der Waals surface area contributed by atoms with Gasteiger partial charge in [-0.25, -0.2) is 0 Å². The molecule has 92 valence electrons. The van der Waals surface area contributed by atoms with Crippen LogP contribution in [0.3, 0.4) is 0 Å². The SMILES string of the molecule is CC(C)CCCC(O)c1snnc1C(C)C. The third kappa shape index (κ3) is 3.83. The second-order valence-corrected chi connectivity index (χ2v) is 5.80. The van der Waals surface area contributed by atoms with Crippen molar-refractivity contribution in [3.8, 4) is 0 Å². The third-order valence-corrected chi connectivity index (χ3v) is 3.49. The maximum absolute atomic E-state index is 10.1. The van der Waals surface area contributed by atoms with Gasteiger partial charge < -0.3 is 5.11 Å². The molecule has 1 aromatic rings. The molecule has 0 bridgehead atoms. The summed E-state index contributed by atoms with van der Waals surface area (Å²) in [5, 5.41) is 14.2. The van der Waals surface area contributed by atoms with E-state index in [2.05, 4.69) is 37.3 Å². The van der Waals surface area contributed by atoms with Gasteiger partial charge in [-0.05, 0) is 29.8 Å². The van der Waals surface area contributed by atoms with Crippen LogP contribution in [-0.2, 0) is 0 Å². The van der Waals surface area contributed by atoms with Gasteiger partial charge in [-0.3, -0.25) is 0 Å². The highest BCUT2D eigenvalue weighted by molar-refractivity contribution is 7.05. The lowest BCUT2D eigenvalue weighted by Gasteiger charge is -2.11. The Bertz CT molecular complexity index is 310. The molecule has 1 unspecified atom stereocenters. The number of hydrogen-bond acceptors (Lipinski definition) is 4. The van der Waals surface area contributed by atoms with Gasteiger partial charge in [0.05, 0.1) is 16.7 Å². The third-order valence-electron chi connectivity index (χ3n) is 2.65. The van der Waals surface area contributed by atoms with Crippen LogP contribution in [-0.4, -0.2) is 14.7 Å². The zero-order valence-corrected chi connectivity index (χ0v) is 11.4. The summed E-state index contributed by atoms with van der Waals surface area (Å²) in [6.45, 7) is 8.59. The molecule has 0 spiro atoms. The van der Waals surface area contributed by atoms with Crippen molar-refractivity contribution < 1.29 is 5.11 Å². The van der Waals surface area contributed by atoms with Gasteiger partial charge >= 0.3 is 0 Å². The van der Waals surface area contributed by atoms with Crippen LogP contribution < -0.4 is 0 Å². The van der Waals surface area contributed by atoms with E-state index >= 15 is 0 Å². The summed E-state index contributed by atoms with van der Waals surface area (Å²) < 4.78 is 3.94. The summed E-state index contributed by atoms with van der Waals surface area (Å²) in [6, 6.07) is 0. The Balaban J connectivity index is 2.52. The molecule has 0 aromatic carbocycles. The molecule has 0 amide bonds. The molecule has 16 heavy (non-hydrogen) atoms. The maximum atomic E-state index is 10.1. The summed E-state index contributed by atoms with van der Waals surface area (Å²) in [4.78, 5) is 0.957. The molecule has 1 rings (SSSR count). The number of aliphatic hydroxyl groups excluding tert-OH is 1. The van der Waals surface area contributed by atoms with Crippen LogP contribution in [0.15, 0.2) is 0 Å². The first-order valence-electron chi connectivity index (χ1n) is 6.02. The van der Waals surface area contributed by atoms with Crippen molar-refractivity contribution in [3.63, 3.8) is 0 Å². The van der Waals surface area contributed by atoms with Crippen molar-refractivity contribution >= 4 is 11.5 Å². The second-order valence-electron chi connectivity index (χ2n) is 5.02. The first-order valence-corrected chi connectivity index (χ1v) is 6.80. The molecule has 0 radical (unpaired) electrons. The van der Waals surface area contributed by atoms with E-state index < -0.39 is 0 Å². The minimum absolute atomic E-state index is 0.341. The Labute approximate surface area is 102 Å². The average Bonchev–Trinajstić information content (AvgIpc) is 2.65. The normalized spacial score (nSPS) is 13.7. The summed E-state index contributed by atoms with van der Waals surface area (Å²) in [5.74, 6) is 1.05. The largest absolute Gasteiger partial charge is 0.387 e. The summed E-state index contributed by atoms with van der Waals surface area (Å²) in [5.41, 5.74) is 0.960. The van der Waals surface area contributed by atoms with E-state index in [1.165, 1.54) is 18.0 Å². The monoisotopic (exact) mass is 242 g/mol. The fourth-order valence-electron chi connectivity index (χ4n) is 1.69. The lowest BCUT2D eigenvalue weighted by Crippen LogP contribution is -2.01. The van der Waals surface area contributed by atoms with E-state index in [1.807, 2.05) is 0 Å². The van der Waals surface area contributed by atoms with Gasteiger partial charge in [-0.15, -0.1) is 5.10 Å². The van der Waals surface area contributed by atoms with Gasteiger partial charge in [0.25, 0.3) is 0 Å². The summed E-state index contributed by atoms with van der Waals surface area (Å²) in [6.07, 6.45) is 2.67. The van der Waals surface area contributed by atoms with Crippen molar-refractivity contribution in [1.82, 2.24) is 9.59 Å². The van der Waals surface area contributed by atoms with E-state index in [9.17, 15) is 5.11 Å². The second kappa shape index (κ2) is 6.30. The van der Waals surface area contributed by atoms with Crippen molar-refractivity contribution in [2.24, 2.45) is 5.92 Å². The molecule has 1 N–H and O–H groups in total. The molecule has 1 aromatic heterocycles. The Morgan fingerprint density at radius 2 is 1.88 bits per heavy atom. The van der Waals surface area contributed by atoms with Crippen molar-refractivity contribution in [2.45, 2.75) is 59.0 Å². The van der Waals surface area contributed by atoms with Gasteiger partial charge in [0.1, 0.15) is 0 Å². The zero-order chi connectivity index (χ0) is 12.1. The highest BCUT2D eigenvalue weighted by Gasteiger charge is 2.18. The van der Waals surface area contributed by atoms with E-state index in [0.717, 1.165) is 23.4 Å². The molecule has 1 atom stereocenters. The van der Waals surface area contributed by atoms with Crippen molar-refractivity contribution in [2.75, 3.05) is 0 Å². The number of rotatable bonds is 6. The van der Waals surface area contributed by atoms with Gasteiger partial charge in [0, 0.05) is 0 Å². The fraction of sp³-hybridized carbons (Fsp3) is 0.833. The van der Waals surface area contributed by atoms with Crippen LogP contribution >= 0.6 is 11.5 Å². The lowest BCUT2D eigenvalue weighted by molar-refractivity contribution is 0.164. The number of hydrogen-bond donors (Lipinski definition) is 1. The number of nitrogens with zero attached hydrogens (tertiary/aromatic N) is 2. The standard InChI is InChI=1S/C12H22N2OS/c1-8(2)6-5-7-10(15)12-11(9(3)4)13-14-16-12/h8-10,15H,5-7H2,1-4H3. The molecule has 0 aliphatic rings. The van der Waals surface area contributed by atoms with Gasteiger partial charge in [-0.2, -0.15) is 0 Å². The van der Waals surface area contributed by atoms with Gasteiger partial charge in [0.15, 0.2) is 0 Å². The van der Waals surface area contributed by atoms with Gasteiger partial charge in [-0.1, -0.05) is 45.0 Å². The molecule has 4 heteroatoms. The van der Waals surface area contributed by atoms with E-state index in [-0.39, 0.29) is 6.10 Å². The molecule has 0 aliphatic carbocycles. The van der Waals surface area contributed by atoms with E-state index in [0.29, 0.717) is 11.8 Å². The Morgan fingerprint density at radius 3 is 2.44 bits per heavy atom. The maximum Gasteiger partial charge on any atom is 0.0917 e. The molecule has 1 heterocycles. The van der Waals surface area contributed by atoms with Crippen LogP contribution in [0, 0.1) is 5.92 Å². The van der Waals surface area contributed by atoms with E-state index in [1.54, 1.807) is 0 Å². The van der Waals surface area contributed by atoms with Crippen LogP contribution in [0.2, 0.25) is 0 Å². The molecule has 0 aliphatic heterocycles. The minimum atomic E-state index is -0.379. The Hall–Kier alpha value is -0.480. The predicted molar refractivity (Wildman–Crippen MR) is 67.6 cm³/mol. The Morgan fingerprint density at radius 1 is 1.19 bits per heavy atom. The highest BCUT2D eigenvalue weighted by atomic mass is 32.1. The zero-order valence-electron chi connectivity index (χ0n) is 10.6. The first-order chi connectivity index (χ1) is 7.52.